The molecule has 1 aromatic carbocycles. The van der Waals surface area contributed by atoms with Crippen LogP contribution in [0.4, 0.5) is 4.39 Å². The third-order valence-corrected chi connectivity index (χ3v) is 3.58. The summed E-state index contributed by atoms with van der Waals surface area (Å²) < 4.78 is 13.4. The van der Waals surface area contributed by atoms with Crippen molar-refractivity contribution in [2.24, 2.45) is 11.7 Å². The first-order valence-corrected chi connectivity index (χ1v) is 6.82. The number of nitrogens with two attached hydrogens (primary N) is 1. The molecule has 1 heterocycles. The van der Waals surface area contributed by atoms with Crippen LogP contribution in [0.15, 0.2) is 18.2 Å². The average Bonchev–Trinajstić information content (AvgIpc) is 2.75. The molecule has 1 saturated heterocycles. The van der Waals surface area contributed by atoms with Crippen molar-refractivity contribution in [1.29, 1.82) is 0 Å². The lowest BCUT2D eigenvalue weighted by atomic mass is 10.1. The highest BCUT2D eigenvalue weighted by Crippen LogP contribution is 2.25. The SMILES string of the molecule is CC1CC(C)N(C(=O)c2cc(F)ccc2C#CCN)C1. The molecule has 4 heteroatoms. The third-order valence-electron chi connectivity index (χ3n) is 3.58. The number of rotatable bonds is 1. The van der Waals surface area contributed by atoms with Crippen LogP contribution >= 0.6 is 0 Å². The Hall–Kier alpha value is -1.86. The molecule has 0 aliphatic carbocycles. The van der Waals surface area contributed by atoms with Crippen molar-refractivity contribution >= 4 is 5.91 Å². The number of carbonyl (C=O) groups excluding carboxylic acids is 1. The molecule has 0 spiro atoms. The highest BCUT2D eigenvalue weighted by atomic mass is 19.1. The number of hydrogen-bond donors (Lipinski definition) is 1. The summed E-state index contributed by atoms with van der Waals surface area (Å²) >= 11 is 0. The lowest BCUT2D eigenvalue weighted by molar-refractivity contribution is 0.0743. The number of carbonyl (C=O) groups is 1. The number of halogens is 1. The smallest absolute Gasteiger partial charge is 0.255 e. The van der Waals surface area contributed by atoms with Gasteiger partial charge in [-0.25, -0.2) is 4.39 Å². The van der Waals surface area contributed by atoms with Gasteiger partial charge in [-0.15, -0.1) is 0 Å². The van der Waals surface area contributed by atoms with E-state index in [1.165, 1.54) is 18.2 Å². The maximum atomic E-state index is 13.4. The molecule has 106 valence electrons. The van der Waals surface area contributed by atoms with Gasteiger partial charge in [0.15, 0.2) is 0 Å². The molecule has 3 nitrogen and oxygen atoms in total. The van der Waals surface area contributed by atoms with Crippen molar-refractivity contribution in [2.45, 2.75) is 26.3 Å². The molecule has 2 N–H and O–H groups in total. The fourth-order valence-electron chi connectivity index (χ4n) is 2.69. The molecule has 2 atom stereocenters. The Morgan fingerprint density at radius 3 is 2.85 bits per heavy atom. The molecular weight excluding hydrogens is 255 g/mol. The summed E-state index contributed by atoms with van der Waals surface area (Å²) in [6.45, 7) is 5.05. The molecule has 1 aliphatic rings. The second kappa shape index (κ2) is 6.06. The van der Waals surface area contributed by atoms with Gasteiger partial charge in [-0.2, -0.15) is 0 Å². The fraction of sp³-hybridized carbons (Fsp3) is 0.438. The standard InChI is InChI=1S/C16H19FN2O/c1-11-8-12(2)19(10-11)16(20)15-9-14(17)6-5-13(15)4-3-7-18/h5-6,9,11-12H,7-8,10,18H2,1-2H3. The lowest BCUT2D eigenvalue weighted by Gasteiger charge is -2.22. The van der Waals surface area contributed by atoms with Crippen LogP contribution in [-0.4, -0.2) is 29.9 Å². The Morgan fingerprint density at radius 1 is 1.50 bits per heavy atom. The minimum absolute atomic E-state index is 0.150. The van der Waals surface area contributed by atoms with Crippen molar-refractivity contribution in [3.8, 4) is 11.8 Å². The van der Waals surface area contributed by atoms with Gasteiger partial charge >= 0.3 is 0 Å². The summed E-state index contributed by atoms with van der Waals surface area (Å²) in [4.78, 5) is 14.4. The number of amides is 1. The van der Waals surface area contributed by atoms with Crippen molar-refractivity contribution in [3.63, 3.8) is 0 Å². The zero-order valence-corrected chi connectivity index (χ0v) is 11.8. The van der Waals surface area contributed by atoms with Gasteiger partial charge in [-0.3, -0.25) is 4.79 Å². The number of benzene rings is 1. The quantitative estimate of drug-likeness (QED) is 0.796. The molecule has 20 heavy (non-hydrogen) atoms. The monoisotopic (exact) mass is 274 g/mol. The predicted octanol–water partition coefficient (Wildman–Crippen LogP) is 2.01. The van der Waals surface area contributed by atoms with Crippen molar-refractivity contribution in [1.82, 2.24) is 4.90 Å². The predicted molar refractivity (Wildman–Crippen MR) is 76.6 cm³/mol. The minimum Gasteiger partial charge on any atom is -0.336 e. The van der Waals surface area contributed by atoms with E-state index in [0.29, 0.717) is 23.6 Å². The Balaban J connectivity index is 2.35. The number of hydrogen-bond acceptors (Lipinski definition) is 2. The second-order valence-electron chi connectivity index (χ2n) is 5.34. The van der Waals surface area contributed by atoms with Crippen LogP contribution in [0.2, 0.25) is 0 Å². The molecule has 0 bridgehead atoms. The van der Waals surface area contributed by atoms with Crippen LogP contribution in [0.3, 0.4) is 0 Å². The molecule has 0 radical (unpaired) electrons. The first kappa shape index (κ1) is 14.5. The number of nitrogens with zero attached hydrogens (tertiary/aromatic N) is 1. The van der Waals surface area contributed by atoms with Crippen LogP contribution in [0.1, 0.15) is 36.2 Å². The molecule has 0 saturated carbocycles. The van der Waals surface area contributed by atoms with E-state index < -0.39 is 5.82 Å². The Labute approximate surface area is 119 Å². The summed E-state index contributed by atoms with van der Waals surface area (Å²) in [5.74, 6) is 5.45. The van der Waals surface area contributed by atoms with Crippen LogP contribution in [0.25, 0.3) is 0 Å². The van der Waals surface area contributed by atoms with Crippen LogP contribution in [0.5, 0.6) is 0 Å². The van der Waals surface area contributed by atoms with Crippen molar-refractivity contribution in [3.05, 3.63) is 35.1 Å². The van der Waals surface area contributed by atoms with E-state index in [-0.39, 0.29) is 18.5 Å². The third kappa shape index (κ3) is 3.00. The summed E-state index contributed by atoms with van der Waals surface area (Å²) in [7, 11) is 0. The van der Waals surface area contributed by atoms with Gasteiger partial charge in [0.2, 0.25) is 0 Å². The van der Waals surface area contributed by atoms with Gasteiger partial charge in [-0.1, -0.05) is 18.8 Å². The molecule has 2 rings (SSSR count). The molecular formula is C16H19FN2O. The first-order chi connectivity index (χ1) is 9.52. The summed E-state index contributed by atoms with van der Waals surface area (Å²) in [6, 6.07) is 4.29. The minimum atomic E-state index is -0.424. The molecule has 2 unspecified atom stereocenters. The molecule has 1 aromatic rings. The summed E-state index contributed by atoms with van der Waals surface area (Å²) in [6.07, 6.45) is 0.977. The van der Waals surface area contributed by atoms with Crippen molar-refractivity contribution < 1.29 is 9.18 Å². The molecule has 0 aromatic heterocycles. The Kier molecular flexibility index (Phi) is 4.41. The molecule has 1 fully saturated rings. The zero-order valence-electron chi connectivity index (χ0n) is 11.8. The van der Waals surface area contributed by atoms with Gasteiger partial charge in [0.1, 0.15) is 5.82 Å². The van der Waals surface area contributed by atoms with E-state index in [4.69, 9.17) is 5.73 Å². The van der Waals surface area contributed by atoms with E-state index >= 15 is 0 Å². The average molecular weight is 274 g/mol. The van der Waals surface area contributed by atoms with E-state index in [1.807, 2.05) is 6.92 Å². The maximum absolute atomic E-state index is 13.4. The van der Waals surface area contributed by atoms with Gasteiger partial charge in [0.25, 0.3) is 5.91 Å². The molecule has 1 amide bonds. The summed E-state index contributed by atoms with van der Waals surface area (Å²) in [5, 5.41) is 0. The Bertz CT molecular complexity index is 574. The van der Waals surface area contributed by atoms with E-state index in [9.17, 15) is 9.18 Å². The highest BCUT2D eigenvalue weighted by Gasteiger charge is 2.31. The van der Waals surface area contributed by atoms with Crippen LogP contribution in [0, 0.1) is 23.6 Å². The van der Waals surface area contributed by atoms with E-state index in [2.05, 4.69) is 18.8 Å². The highest BCUT2D eigenvalue weighted by molar-refractivity contribution is 5.97. The fourth-order valence-corrected chi connectivity index (χ4v) is 2.69. The number of likely N-dealkylation sites (tertiary alicyclic amines) is 1. The maximum Gasteiger partial charge on any atom is 0.255 e. The first-order valence-electron chi connectivity index (χ1n) is 6.82. The normalized spacial score (nSPS) is 21.5. The van der Waals surface area contributed by atoms with Crippen molar-refractivity contribution in [2.75, 3.05) is 13.1 Å². The van der Waals surface area contributed by atoms with E-state index in [0.717, 1.165) is 6.42 Å². The zero-order chi connectivity index (χ0) is 14.7. The lowest BCUT2D eigenvalue weighted by Crippen LogP contribution is -2.34. The van der Waals surface area contributed by atoms with Gasteiger partial charge in [0, 0.05) is 18.2 Å². The van der Waals surface area contributed by atoms with Gasteiger partial charge in [0.05, 0.1) is 12.1 Å². The van der Waals surface area contributed by atoms with Crippen LogP contribution < -0.4 is 5.73 Å². The van der Waals surface area contributed by atoms with E-state index in [1.54, 1.807) is 4.90 Å². The molecule has 1 aliphatic heterocycles. The Morgan fingerprint density at radius 2 is 2.25 bits per heavy atom. The summed E-state index contributed by atoms with van der Waals surface area (Å²) in [5.41, 5.74) is 6.21. The van der Waals surface area contributed by atoms with Gasteiger partial charge in [-0.05, 0) is 37.5 Å². The van der Waals surface area contributed by atoms with Gasteiger partial charge < -0.3 is 10.6 Å². The largest absolute Gasteiger partial charge is 0.336 e. The second-order valence-corrected chi connectivity index (χ2v) is 5.34. The van der Waals surface area contributed by atoms with Crippen LogP contribution in [-0.2, 0) is 0 Å². The topological polar surface area (TPSA) is 46.3 Å².